The van der Waals surface area contributed by atoms with Gasteiger partial charge in [0, 0.05) is 34.6 Å². The van der Waals surface area contributed by atoms with E-state index in [2.05, 4.69) is 40.0 Å². The van der Waals surface area contributed by atoms with Gasteiger partial charge in [-0.15, -0.1) is 11.3 Å². The average Bonchev–Trinajstić information content (AvgIpc) is 3.24. The molecule has 0 aliphatic carbocycles. The number of imidazole rings is 1. The van der Waals surface area contributed by atoms with Crippen LogP contribution < -0.4 is 5.32 Å². The lowest BCUT2D eigenvalue weighted by Gasteiger charge is -2.11. The lowest BCUT2D eigenvalue weighted by atomic mass is 10.1. The summed E-state index contributed by atoms with van der Waals surface area (Å²) in [6.07, 6.45) is 6.37. The van der Waals surface area contributed by atoms with E-state index in [1.54, 1.807) is 11.3 Å². The molecule has 4 nitrogen and oxygen atoms in total. The molecule has 0 radical (unpaired) electrons. The molecular weight excluding hydrogens is 371 g/mol. The molecule has 1 aliphatic rings. The zero-order valence-corrected chi connectivity index (χ0v) is 16.3. The number of anilines is 2. The first-order chi connectivity index (χ1) is 13.7. The zero-order valence-electron chi connectivity index (χ0n) is 15.4. The minimum atomic E-state index is -0.206. The molecule has 6 heteroatoms. The molecule has 2 aromatic heterocycles. The minimum Gasteiger partial charge on any atom is -0.339 e. The quantitative estimate of drug-likeness (QED) is 0.522. The number of aryl methyl sites for hydroxylation is 3. The van der Waals surface area contributed by atoms with E-state index in [1.807, 2.05) is 24.7 Å². The Bertz CT molecular complexity index is 1140. The van der Waals surface area contributed by atoms with E-state index in [9.17, 15) is 4.39 Å². The van der Waals surface area contributed by atoms with Crippen LogP contribution in [0.15, 0.2) is 55.0 Å². The van der Waals surface area contributed by atoms with Gasteiger partial charge in [-0.1, -0.05) is 12.1 Å². The van der Waals surface area contributed by atoms with Crippen molar-refractivity contribution in [1.29, 1.82) is 0 Å². The third-order valence-electron chi connectivity index (χ3n) is 5.08. The van der Waals surface area contributed by atoms with Crippen molar-refractivity contribution < 1.29 is 4.39 Å². The molecule has 4 aromatic rings. The zero-order chi connectivity index (χ0) is 19.1. The van der Waals surface area contributed by atoms with E-state index in [0.717, 1.165) is 52.7 Å². The van der Waals surface area contributed by atoms with E-state index >= 15 is 0 Å². The van der Waals surface area contributed by atoms with Crippen molar-refractivity contribution in [2.45, 2.75) is 26.2 Å². The highest BCUT2D eigenvalue weighted by Crippen LogP contribution is 2.34. The molecule has 1 N–H and O–H groups in total. The number of nitrogens with one attached hydrogen (secondary N) is 1. The number of benzene rings is 2. The summed E-state index contributed by atoms with van der Waals surface area (Å²) in [4.78, 5) is 10.3. The SMILES string of the molecule is Cc1cncn1-c1ccc2c(c1)CCc1sc(Cc3ccc(F)cc3)nc1N2. The fraction of sp³-hybridized carbons (Fsp3) is 0.182. The Hall–Kier alpha value is -2.99. The normalized spacial score (nSPS) is 12.8. The van der Waals surface area contributed by atoms with Crippen LogP contribution in [0, 0.1) is 12.7 Å². The van der Waals surface area contributed by atoms with E-state index < -0.39 is 0 Å². The molecular formula is C22H19FN4S. The van der Waals surface area contributed by atoms with Crippen LogP contribution in [0.3, 0.4) is 0 Å². The maximum atomic E-state index is 13.1. The van der Waals surface area contributed by atoms with Crippen LogP contribution >= 0.6 is 11.3 Å². The van der Waals surface area contributed by atoms with Gasteiger partial charge in [-0.3, -0.25) is 0 Å². The highest BCUT2D eigenvalue weighted by Gasteiger charge is 2.18. The van der Waals surface area contributed by atoms with Gasteiger partial charge in [-0.25, -0.2) is 14.4 Å². The summed E-state index contributed by atoms with van der Waals surface area (Å²) in [5.41, 5.74) is 5.72. The van der Waals surface area contributed by atoms with Crippen LogP contribution in [0.2, 0.25) is 0 Å². The molecule has 3 heterocycles. The number of halogens is 1. The third kappa shape index (κ3) is 3.20. The molecule has 5 rings (SSSR count). The maximum Gasteiger partial charge on any atom is 0.144 e. The Kier molecular flexibility index (Phi) is 4.20. The molecule has 140 valence electrons. The van der Waals surface area contributed by atoms with Gasteiger partial charge in [-0.05, 0) is 61.2 Å². The second-order valence-corrected chi connectivity index (χ2v) is 8.22. The first kappa shape index (κ1) is 17.1. The van der Waals surface area contributed by atoms with Crippen LogP contribution in [0.4, 0.5) is 15.9 Å². The Balaban J connectivity index is 1.40. The standard InChI is InChI=1S/C22H19FN4S/c1-14-12-24-13-27(14)18-7-8-19-16(11-18)4-9-20-22(25-19)26-21(28-20)10-15-2-5-17(23)6-3-15/h2-3,5-8,11-13,25H,4,9-10H2,1H3. The van der Waals surface area contributed by atoms with Crippen molar-refractivity contribution in [3.8, 4) is 5.69 Å². The number of aromatic nitrogens is 3. The Morgan fingerprint density at radius 2 is 2.00 bits per heavy atom. The van der Waals surface area contributed by atoms with Gasteiger partial charge in [0.1, 0.15) is 11.6 Å². The lowest BCUT2D eigenvalue weighted by Crippen LogP contribution is -1.99. The summed E-state index contributed by atoms with van der Waals surface area (Å²) in [5.74, 6) is 0.745. The fourth-order valence-corrected chi connectivity index (χ4v) is 4.64. The molecule has 0 fully saturated rings. The Morgan fingerprint density at radius 1 is 1.14 bits per heavy atom. The average molecular weight is 390 g/mol. The number of nitrogens with zero attached hydrogens (tertiary/aromatic N) is 3. The summed E-state index contributed by atoms with van der Waals surface area (Å²) >= 11 is 1.74. The molecule has 0 unspecified atom stereocenters. The number of fused-ring (bicyclic) bond motifs is 2. The molecule has 0 bridgehead atoms. The lowest BCUT2D eigenvalue weighted by molar-refractivity contribution is 0.627. The van der Waals surface area contributed by atoms with Crippen LogP contribution in [-0.4, -0.2) is 14.5 Å². The van der Waals surface area contributed by atoms with Crippen molar-refractivity contribution in [1.82, 2.24) is 14.5 Å². The van der Waals surface area contributed by atoms with Gasteiger partial charge in [-0.2, -0.15) is 0 Å². The van der Waals surface area contributed by atoms with E-state index in [1.165, 1.54) is 22.6 Å². The first-order valence-electron chi connectivity index (χ1n) is 9.28. The number of rotatable bonds is 3. The van der Waals surface area contributed by atoms with Gasteiger partial charge >= 0.3 is 0 Å². The van der Waals surface area contributed by atoms with E-state index in [4.69, 9.17) is 4.98 Å². The summed E-state index contributed by atoms with van der Waals surface area (Å²) in [6.45, 7) is 2.06. The van der Waals surface area contributed by atoms with Crippen LogP contribution in [-0.2, 0) is 19.3 Å². The molecule has 0 saturated carbocycles. The highest BCUT2D eigenvalue weighted by atomic mass is 32.1. The predicted molar refractivity (Wildman–Crippen MR) is 110 cm³/mol. The number of hydrogen-bond donors (Lipinski definition) is 1. The Labute approximate surface area is 166 Å². The van der Waals surface area contributed by atoms with Crippen molar-refractivity contribution in [3.63, 3.8) is 0 Å². The molecule has 0 spiro atoms. The summed E-state index contributed by atoms with van der Waals surface area (Å²) in [5, 5.41) is 4.57. The predicted octanol–water partition coefficient (Wildman–Crippen LogP) is 5.21. The summed E-state index contributed by atoms with van der Waals surface area (Å²) < 4.78 is 15.2. The smallest absolute Gasteiger partial charge is 0.144 e. The van der Waals surface area contributed by atoms with Crippen molar-refractivity contribution in [3.05, 3.63) is 87.5 Å². The summed E-state index contributed by atoms with van der Waals surface area (Å²) in [6, 6.07) is 13.1. The molecule has 2 aromatic carbocycles. The number of hydrogen-bond acceptors (Lipinski definition) is 4. The Morgan fingerprint density at radius 3 is 2.79 bits per heavy atom. The minimum absolute atomic E-state index is 0.206. The van der Waals surface area contributed by atoms with Gasteiger partial charge in [0.05, 0.1) is 11.3 Å². The van der Waals surface area contributed by atoms with Crippen LogP contribution in [0.1, 0.15) is 26.7 Å². The summed E-state index contributed by atoms with van der Waals surface area (Å²) in [7, 11) is 0. The monoisotopic (exact) mass is 390 g/mol. The maximum absolute atomic E-state index is 13.1. The van der Waals surface area contributed by atoms with E-state index in [-0.39, 0.29) is 5.82 Å². The number of thiazole rings is 1. The van der Waals surface area contributed by atoms with Gasteiger partial charge in [0.25, 0.3) is 0 Å². The third-order valence-corrected chi connectivity index (χ3v) is 6.19. The second kappa shape index (κ2) is 6.87. The molecule has 1 aliphatic heterocycles. The van der Waals surface area contributed by atoms with Crippen molar-refractivity contribution >= 4 is 22.8 Å². The molecule has 0 saturated heterocycles. The second-order valence-electron chi connectivity index (χ2n) is 7.05. The molecule has 0 atom stereocenters. The van der Waals surface area contributed by atoms with Crippen LogP contribution in [0.5, 0.6) is 0 Å². The van der Waals surface area contributed by atoms with Crippen LogP contribution in [0.25, 0.3) is 5.69 Å². The van der Waals surface area contributed by atoms with Crippen molar-refractivity contribution in [2.75, 3.05) is 5.32 Å². The first-order valence-corrected chi connectivity index (χ1v) is 10.1. The fourth-order valence-electron chi connectivity index (χ4n) is 3.59. The van der Waals surface area contributed by atoms with E-state index in [0.29, 0.717) is 0 Å². The van der Waals surface area contributed by atoms with Gasteiger partial charge in [0.15, 0.2) is 0 Å². The van der Waals surface area contributed by atoms with Gasteiger partial charge in [0.2, 0.25) is 0 Å². The van der Waals surface area contributed by atoms with Gasteiger partial charge < -0.3 is 9.88 Å². The molecule has 28 heavy (non-hydrogen) atoms. The topological polar surface area (TPSA) is 42.7 Å². The van der Waals surface area contributed by atoms with Crippen molar-refractivity contribution in [2.24, 2.45) is 0 Å². The highest BCUT2D eigenvalue weighted by molar-refractivity contribution is 7.12. The molecule has 0 amide bonds. The largest absolute Gasteiger partial charge is 0.339 e.